The number of phenols is 2. The van der Waals surface area contributed by atoms with E-state index in [-0.39, 0.29) is 16.4 Å². The minimum atomic E-state index is -1.69. The van der Waals surface area contributed by atoms with Gasteiger partial charge >= 0.3 is 0 Å². The molecule has 3 aromatic carbocycles. The number of nitrogens with zero attached hydrogens (tertiary/aromatic N) is 2. The number of rotatable bonds is 4. The van der Waals surface area contributed by atoms with Crippen LogP contribution in [0.5, 0.6) is 11.5 Å². The van der Waals surface area contributed by atoms with Crippen LogP contribution in [-0.4, -0.2) is 14.4 Å². The average Bonchev–Trinajstić information content (AvgIpc) is 3.54. The number of nitrogens with one attached hydrogen (secondary N) is 1. The number of para-hydroxylation sites is 1. The van der Waals surface area contributed by atoms with E-state index in [0.29, 0.717) is 38.6 Å². The zero-order valence-electron chi connectivity index (χ0n) is 17.5. The second kappa shape index (κ2) is 9.97. The molecule has 0 saturated heterocycles. The average molecular weight is 552 g/mol. The lowest BCUT2D eigenvalue weighted by atomic mass is 10.3. The number of hydrogen-bond donors (Lipinski definition) is 3. The molecule has 0 amide bonds. The summed E-state index contributed by atoms with van der Waals surface area (Å²) in [4.78, 5) is 2.27. The van der Waals surface area contributed by atoms with E-state index >= 15 is 0 Å². The Bertz CT molecular complexity index is 1480. The molecule has 172 valence electrons. The first-order chi connectivity index (χ1) is 17.0. The van der Waals surface area contributed by atoms with Crippen LogP contribution in [0.3, 0.4) is 0 Å². The summed E-state index contributed by atoms with van der Waals surface area (Å²) in [6.45, 7) is 0. The molecule has 0 aromatic heterocycles. The quantitative estimate of drug-likeness (QED) is 0.236. The lowest BCUT2D eigenvalue weighted by molar-refractivity contribution is 0.411. The molecule has 5 rings (SSSR count). The third kappa shape index (κ3) is 4.42. The predicted molar refractivity (Wildman–Crippen MR) is 141 cm³/mol. The number of benzene rings is 3. The first-order valence-electron chi connectivity index (χ1n) is 9.92. The maximum absolute atomic E-state index is 13.0. The third-order valence-corrected chi connectivity index (χ3v) is 11.7. The lowest BCUT2D eigenvalue weighted by Crippen LogP contribution is -1.98. The van der Waals surface area contributed by atoms with Gasteiger partial charge in [0.15, 0.2) is 0 Å². The van der Waals surface area contributed by atoms with Crippen molar-refractivity contribution in [3.63, 3.8) is 0 Å². The number of anilines is 1. The van der Waals surface area contributed by atoms with Crippen LogP contribution >= 0.6 is 47.0 Å². The first-order valence-corrected chi connectivity index (χ1v) is 14.3. The van der Waals surface area contributed by atoms with Crippen LogP contribution in [-0.2, 0) is 10.8 Å². The monoisotopic (exact) mass is 551 g/mol. The van der Waals surface area contributed by atoms with Gasteiger partial charge in [0.1, 0.15) is 34.2 Å². The summed E-state index contributed by atoms with van der Waals surface area (Å²) < 4.78 is 14.1. The van der Waals surface area contributed by atoms with Crippen LogP contribution in [0.1, 0.15) is 0 Å². The zero-order valence-corrected chi connectivity index (χ0v) is 21.6. The van der Waals surface area contributed by atoms with E-state index in [9.17, 15) is 24.9 Å². The lowest BCUT2D eigenvalue weighted by Gasteiger charge is -2.08. The Hall–Kier alpha value is -2.93. The normalized spacial score (nSPS) is 14.5. The second-order valence-corrected chi connectivity index (χ2v) is 13.0. The Morgan fingerprint density at radius 2 is 1.23 bits per heavy atom. The van der Waals surface area contributed by atoms with Gasteiger partial charge in [0.05, 0.1) is 38.9 Å². The number of aromatic hydroxyl groups is 2. The van der Waals surface area contributed by atoms with Gasteiger partial charge in [0.25, 0.3) is 0 Å². The van der Waals surface area contributed by atoms with Crippen molar-refractivity contribution in [2.24, 2.45) is 0 Å². The van der Waals surface area contributed by atoms with Gasteiger partial charge < -0.3 is 15.5 Å². The molecule has 2 heterocycles. The molecule has 0 aliphatic carbocycles. The summed E-state index contributed by atoms with van der Waals surface area (Å²) in [5.41, 5.74) is 1.06. The molecular weight excluding hydrogens is 539 g/mol. The molecular formula is C24H13N3O3S5. The standard InChI is InChI=1S/C24H13N3O3S5/c25-11-15(27-13-7-3-1-4-8-13)23-31-19-17(28)21-22(18(29)20(19)32-23)34-24(33-21)16(12-26)35(30)14-9-5-2-6-10-14/h1-10,27-29H. The van der Waals surface area contributed by atoms with Crippen LogP contribution < -0.4 is 5.32 Å². The highest BCUT2D eigenvalue weighted by Gasteiger charge is 2.37. The number of phenolic OH excluding ortho intramolecular Hbond substituents is 2. The van der Waals surface area contributed by atoms with Crippen molar-refractivity contribution >= 4 is 63.5 Å². The van der Waals surface area contributed by atoms with E-state index in [2.05, 4.69) is 11.4 Å². The number of nitriles is 2. The van der Waals surface area contributed by atoms with Gasteiger partial charge in [-0.15, -0.1) is 0 Å². The summed E-state index contributed by atoms with van der Waals surface area (Å²) in [5, 5.41) is 44.6. The minimum absolute atomic E-state index is 0.0346. The first kappa shape index (κ1) is 23.8. The van der Waals surface area contributed by atoms with E-state index in [1.165, 1.54) is 23.5 Å². The zero-order chi connectivity index (χ0) is 24.5. The maximum atomic E-state index is 13.0. The van der Waals surface area contributed by atoms with Crippen LogP contribution in [0.4, 0.5) is 5.69 Å². The molecule has 11 heteroatoms. The Kier molecular flexibility index (Phi) is 6.78. The molecule has 0 saturated carbocycles. The largest absolute Gasteiger partial charge is 0.505 e. The Balaban J connectivity index is 1.50. The Morgan fingerprint density at radius 1 is 0.743 bits per heavy atom. The molecule has 2 aliphatic heterocycles. The van der Waals surface area contributed by atoms with Crippen LogP contribution in [0.15, 0.2) is 104 Å². The molecule has 0 radical (unpaired) electrons. The van der Waals surface area contributed by atoms with Crippen LogP contribution in [0, 0.1) is 22.7 Å². The Labute approximate surface area is 220 Å². The van der Waals surface area contributed by atoms with Gasteiger partial charge in [0.2, 0.25) is 0 Å². The van der Waals surface area contributed by atoms with Gasteiger partial charge in [0, 0.05) is 10.6 Å². The van der Waals surface area contributed by atoms with Crippen LogP contribution in [0.25, 0.3) is 0 Å². The van der Waals surface area contributed by atoms with E-state index in [1.54, 1.807) is 30.3 Å². The minimum Gasteiger partial charge on any atom is -0.505 e. The number of fused-ring (bicyclic) bond motifs is 2. The molecule has 1 unspecified atom stereocenters. The van der Waals surface area contributed by atoms with Crippen molar-refractivity contribution in [2.75, 3.05) is 5.32 Å². The van der Waals surface area contributed by atoms with Crippen molar-refractivity contribution in [1.29, 1.82) is 10.5 Å². The number of hydrogen-bond acceptors (Lipinski definition) is 10. The number of allylic oxidation sites excluding steroid dienone is 2. The molecule has 6 nitrogen and oxygen atoms in total. The van der Waals surface area contributed by atoms with Crippen molar-refractivity contribution in [1.82, 2.24) is 0 Å². The third-order valence-electron chi connectivity index (χ3n) is 4.84. The summed E-state index contributed by atoms with van der Waals surface area (Å²) in [6, 6.07) is 22.1. The highest BCUT2D eigenvalue weighted by molar-refractivity contribution is 8.26. The fourth-order valence-electron chi connectivity index (χ4n) is 3.24. The fourth-order valence-corrected chi connectivity index (χ4v) is 9.75. The van der Waals surface area contributed by atoms with Gasteiger partial charge in [-0.3, -0.25) is 0 Å². The van der Waals surface area contributed by atoms with Crippen molar-refractivity contribution in [2.45, 2.75) is 24.5 Å². The van der Waals surface area contributed by atoms with E-state index in [4.69, 9.17) is 0 Å². The van der Waals surface area contributed by atoms with E-state index < -0.39 is 10.8 Å². The van der Waals surface area contributed by atoms with Gasteiger partial charge in [-0.25, -0.2) is 4.21 Å². The molecule has 0 fully saturated rings. The predicted octanol–water partition coefficient (Wildman–Crippen LogP) is 6.80. The SMILES string of the molecule is N#CC(Nc1ccccc1)=C1Sc2c(O)c3c(c(O)c2S1)SC(=C(C#N)S(=O)c1ccccc1)S3. The van der Waals surface area contributed by atoms with Crippen LogP contribution in [0.2, 0.25) is 0 Å². The van der Waals surface area contributed by atoms with Gasteiger partial charge in [-0.1, -0.05) is 83.4 Å². The van der Waals surface area contributed by atoms with Crippen molar-refractivity contribution in [3.05, 3.63) is 79.7 Å². The topological polar surface area (TPSA) is 117 Å². The highest BCUT2D eigenvalue weighted by atomic mass is 32.2. The van der Waals surface area contributed by atoms with Gasteiger partial charge in [-0.05, 0) is 24.3 Å². The highest BCUT2D eigenvalue weighted by Crippen LogP contribution is 2.67. The molecule has 0 spiro atoms. The summed E-state index contributed by atoms with van der Waals surface area (Å²) in [7, 11) is -1.69. The van der Waals surface area contributed by atoms with Gasteiger partial charge in [-0.2, -0.15) is 10.5 Å². The summed E-state index contributed by atoms with van der Waals surface area (Å²) >= 11 is 4.62. The molecule has 1 atom stereocenters. The van der Waals surface area contributed by atoms with Crippen molar-refractivity contribution < 1.29 is 14.4 Å². The van der Waals surface area contributed by atoms with E-state index in [1.807, 2.05) is 36.4 Å². The molecule has 3 aromatic rings. The maximum Gasteiger partial charge on any atom is 0.146 e. The number of thioether (sulfide) groups is 4. The Morgan fingerprint density at radius 3 is 1.71 bits per heavy atom. The van der Waals surface area contributed by atoms with Crippen molar-refractivity contribution in [3.8, 4) is 23.6 Å². The van der Waals surface area contributed by atoms with E-state index in [0.717, 1.165) is 29.2 Å². The summed E-state index contributed by atoms with van der Waals surface area (Å²) in [5.74, 6) is -0.0693. The summed E-state index contributed by atoms with van der Waals surface area (Å²) in [6.07, 6.45) is 0. The molecule has 35 heavy (non-hydrogen) atoms. The molecule has 3 N–H and O–H groups in total. The molecule has 2 aliphatic rings. The molecule has 0 bridgehead atoms. The fraction of sp³-hybridized carbons (Fsp3) is 0. The second-order valence-electron chi connectivity index (χ2n) is 7.00. The smallest absolute Gasteiger partial charge is 0.146 e.